The van der Waals surface area contributed by atoms with E-state index in [0.29, 0.717) is 0 Å². The summed E-state index contributed by atoms with van der Waals surface area (Å²) in [5.41, 5.74) is -2.66. The van der Waals surface area contributed by atoms with Crippen LogP contribution in [0.4, 0.5) is 0 Å². The molecule has 0 rings (SSSR count). The lowest BCUT2D eigenvalue weighted by atomic mass is 9.96. The Labute approximate surface area is 95.6 Å². The van der Waals surface area contributed by atoms with Crippen molar-refractivity contribution in [3.63, 3.8) is 0 Å². The average molecular weight is 255 g/mol. The monoisotopic (exact) mass is 254 g/mol. The third-order valence-electron chi connectivity index (χ3n) is 1.62. The lowest BCUT2D eigenvalue weighted by Crippen LogP contribution is -2.43. The van der Waals surface area contributed by atoms with Crippen molar-refractivity contribution in [2.45, 2.75) is 18.4 Å². The molecule has 0 fully saturated rings. The number of hydrogen-bond donors (Lipinski definition) is 3. The molecule has 0 saturated heterocycles. The van der Waals surface area contributed by atoms with Crippen molar-refractivity contribution in [1.82, 2.24) is 0 Å². The van der Waals surface area contributed by atoms with Crippen molar-refractivity contribution in [3.05, 3.63) is 0 Å². The van der Waals surface area contributed by atoms with E-state index in [9.17, 15) is 19.5 Å². The fraction of sp³-hybridized carbons (Fsp3) is 0.625. The molecule has 0 radical (unpaired) electrons. The number of alkyl halides is 1. The molecular formula is C8H11ClO7. The molecular weight excluding hydrogens is 244 g/mol. The molecule has 0 aromatic carbocycles. The van der Waals surface area contributed by atoms with E-state index in [0.717, 1.165) is 0 Å². The van der Waals surface area contributed by atoms with Gasteiger partial charge in [-0.05, 0) is 0 Å². The molecule has 0 aliphatic rings. The Morgan fingerprint density at radius 1 is 1.19 bits per heavy atom. The van der Waals surface area contributed by atoms with Crippen LogP contribution in [0.3, 0.4) is 0 Å². The maximum absolute atomic E-state index is 11.0. The number of hydrogen-bond acceptors (Lipinski definition) is 5. The van der Waals surface area contributed by atoms with Crippen LogP contribution < -0.4 is 0 Å². The first-order valence-electron chi connectivity index (χ1n) is 4.21. The van der Waals surface area contributed by atoms with Gasteiger partial charge < -0.3 is 20.1 Å². The van der Waals surface area contributed by atoms with E-state index in [1.807, 2.05) is 0 Å². The summed E-state index contributed by atoms with van der Waals surface area (Å²) in [5.74, 6) is -4.32. The van der Waals surface area contributed by atoms with Crippen LogP contribution >= 0.6 is 11.6 Å². The van der Waals surface area contributed by atoms with Crippen molar-refractivity contribution in [2.24, 2.45) is 0 Å². The molecule has 3 N–H and O–H groups in total. The quantitative estimate of drug-likeness (QED) is 0.412. The molecule has 16 heavy (non-hydrogen) atoms. The normalized spacial score (nSPS) is 13.9. The molecule has 0 aromatic heterocycles. The molecule has 0 bridgehead atoms. The van der Waals surface area contributed by atoms with E-state index in [1.165, 1.54) is 0 Å². The second-order valence-electron chi connectivity index (χ2n) is 2.99. The Morgan fingerprint density at radius 3 is 2.12 bits per heavy atom. The Balaban J connectivity index is 4.49. The smallest absolute Gasteiger partial charge is 0.336 e. The minimum atomic E-state index is -2.66. The Kier molecular flexibility index (Phi) is 5.76. The summed E-state index contributed by atoms with van der Waals surface area (Å²) in [7, 11) is 0. The predicted molar refractivity (Wildman–Crippen MR) is 51.1 cm³/mol. The molecule has 7 nitrogen and oxygen atoms in total. The van der Waals surface area contributed by atoms with Gasteiger partial charge in [-0.1, -0.05) is 0 Å². The van der Waals surface area contributed by atoms with E-state index < -0.39 is 36.4 Å². The van der Waals surface area contributed by atoms with Gasteiger partial charge in [0.1, 0.15) is 6.61 Å². The van der Waals surface area contributed by atoms with E-state index >= 15 is 0 Å². The highest BCUT2D eigenvalue weighted by atomic mass is 35.5. The fourth-order valence-electron chi connectivity index (χ4n) is 0.906. The number of aliphatic hydroxyl groups is 1. The Morgan fingerprint density at radius 2 is 1.75 bits per heavy atom. The average Bonchev–Trinajstić information content (AvgIpc) is 2.12. The van der Waals surface area contributed by atoms with Crippen LogP contribution in [0.1, 0.15) is 12.8 Å². The minimum Gasteiger partial charge on any atom is -0.481 e. The van der Waals surface area contributed by atoms with Crippen LogP contribution in [-0.4, -0.2) is 51.3 Å². The highest BCUT2D eigenvalue weighted by Gasteiger charge is 2.41. The lowest BCUT2D eigenvalue weighted by molar-refractivity contribution is -0.171. The van der Waals surface area contributed by atoms with Gasteiger partial charge in [0.05, 0.1) is 18.7 Å². The molecule has 92 valence electrons. The van der Waals surface area contributed by atoms with E-state index in [-0.39, 0.29) is 12.5 Å². The largest absolute Gasteiger partial charge is 0.481 e. The summed E-state index contributed by atoms with van der Waals surface area (Å²) < 4.78 is 4.43. The van der Waals surface area contributed by atoms with Gasteiger partial charge in [-0.2, -0.15) is 0 Å². The number of carboxylic acids is 2. The second kappa shape index (κ2) is 6.29. The number of carbonyl (C=O) groups is 3. The van der Waals surface area contributed by atoms with Gasteiger partial charge in [0.2, 0.25) is 0 Å². The van der Waals surface area contributed by atoms with Gasteiger partial charge in [0, 0.05) is 0 Å². The van der Waals surface area contributed by atoms with Gasteiger partial charge in [0.15, 0.2) is 5.60 Å². The molecule has 0 heterocycles. The second-order valence-corrected chi connectivity index (χ2v) is 3.37. The van der Waals surface area contributed by atoms with E-state index in [1.54, 1.807) is 0 Å². The van der Waals surface area contributed by atoms with Crippen LogP contribution in [0.15, 0.2) is 0 Å². The van der Waals surface area contributed by atoms with Crippen LogP contribution in [0.2, 0.25) is 0 Å². The van der Waals surface area contributed by atoms with Crippen molar-refractivity contribution < 1.29 is 34.4 Å². The molecule has 1 atom stereocenters. The number of carboxylic acid groups (broad SMARTS) is 2. The number of rotatable bonds is 7. The summed E-state index contributed by atoms with van der Waals surface area (Å²) in [6, 6.07) is 0. The standard InChI is InChI=1S/C8H11ClO7/c9-1-2-16-6(12)4-8(15,7(13)14)3-5(10)11/h15H,1-4H2,(H,10,11)(H,13,14). The third kappa shape index (κ3) is 4.94. The van der Waals surface area contributed by atoms with Gasteiger partial charge >= 0.3 is 17.9 Å². The number of carbonyl (C=O) groups excluding carboxylic acids is 1. The number of aliphatic carboxylic acids is 2. The van der Waals surface area contributed by atoms with Gasteiger partial charge in [-0.3, -0.25) is 9.59 Å². The van der Waals surface area contributed by atoms with Gasteiger partial charge in [-0.25, -0.2) is 4.79 Å². The Hall–Kier alpha value is -1.34. The summed E-state index contributed by atoms with van der Waals surface area (Å²) in [5, 5.41) is 26.4. The van der Waals surface area contributed by atoms with Gasteiger partial charge in [-0.15, -0.1) is 11.6 Å². The van der Waals surface area contributed by atoms with Crippen LogP contribution in [0.5, 0.6) is 0 Å². The maximum atomic E-state index is 11.0. The van der Waals surface area contributed by atoms with Crippen molar-refractivity contribution in [2.75, 3.05) is 12.5 Å². The first-order valence-corrected chi connectivity index (χ1v) is 4.74. The minimum absolute atomic E-state index is 0.0240. The molecule has 0 amide bonds. The maximum Gasteiger partial charge on any atom is 0.336 e. The molecule has 0 aliphatic carbocycles. The summed E-state index contributed by atoms with van der Waals surface area (Å²) in [6.07, 6.45) is -2.02. The van der Waals surface area contributed by atoms with Crippen LogP contribution in [-0.2, 0) is 19.1 Å². The molecule has 0 spiro atoms. The first kappa shape index (κ1) is 14.7. The van der Waals surface area contributed by atoms with Crippen LogP contribution in [0.25, 0.3) is 0 Å². The van der Waals surface area contributed by atoms with Crippen molar-refractivity contribution in [3.8, 4) is 0 Å². The highest BCUT2D eigenvalue weighted by molar-refractivity contribution is 6.18. The van der Waals surface area contributed by atoms with Gasteiger partial charge in [0.25, 0.3) is 0 Å². The molecule has 0 aliphatic heterocycles. The lowest BCUT2D eigenvalue weighted by Gasteiger charge is -2.19. The molecule has 0 aromatic rings. The molecule has 0 saturated carbocycles. The topological polar surface area (TPSA) is 121 Å². The van der Waals surface area contributed by atoms with Crippen molar-refractivity contribution in [1.29, 1.82) is 0 Å². The summed E-state index contributed by atoms with van der Waals surface area (Å²) in [6.45, 7) is -0.136. The van der Waals surface area contributed by atoms with Crippen LogP contribution in [0, 0.1) is 0 Å². The first-order chi connectivity index (χ1) is 7.31. The van der Waals surface area contributed by atoms with E-state index in [4.69, 9.17) is 21.8 Å². The number of ether oxygens (including phenoxy) is 1. The fourth-order valence-corrected chi connectivity index (χ4v) is 0.983. The number of halogens is 1. The zero-order chi connectivity index (χ0) is 12.8. The number of esters is 1. The van der Waals surface area contributed by atoms with E-state index in [2.05, 4.69) is 4.74 Å². The third-order valence-corrected chi connectivity index (χ3v) is 1.77. The summed E-state index contributed by atoms with van der Waals surface area (Å²) in [4.78, 5) is 31.9. The predicted octanol–water partition coefficient (Wildman–Crippen LogP) is -0.551. The molecule has 8 heteroatoms. The SMILES string of the molecule is O=C(O)CC(O)(CC(=O)OCCCl)C(=O)O. The highest BCUT2D eigenvalue weighted by Crippen LogP contribution is 2.16. The zero-order valence-corrected chi connectivity index (χ0v) is 8.94. The summed E-state index contributed by atoms with van der Waals surface area (Å²) >= 11 is 5.21. The zero-order valence-electron chi connectivity index (χ0n) is 8.18. The Bertz CT molecular complexity index is 290. The molecule has 1 unspecified atom stereocenters. The van der Waals surface area contributed by atoms with Crippen molar-refractivity contribution >= 4 is 29.5 Å².